The fourth-order valence-electron chi connectivity index (χ4n) is 2.71. The number of benzene rings is 1. The maximum absolute atomic E-state index is 12.6. The highest BCUT2D eigenvalue weighted by atomic mass is 35.5. The highest BCUT2D eigenvalue weighted by Crippen LogP contribution is 2.20. The zero-order valence-corrected chi connectivity index (χ0v) is 12.4. The molecule has 110 valence electrons. The normalized spacial score (nSPS) is 13.1. The van der Waals surface area contributed by atoms with E-state index in [0.29, 0.717) is 29.0 Å². The number of pyridine rings is 1. The molecule has 3 heterocycles. The summed E-state index contributed by atoms with van der Waals surface area (Å²) in [5.74, 6) is 0.618. The average Bonchev–Trinajstić information content (AvgIpc) is 2.85. The van der Waals surface area contributed by atoms with E-state index in [1.165, 1.54) is 0 Å². The Morgan fingerprint density at radius 2 is 1.82 bits per heavy atom. The van der Waals surface area contributed by atoms with E-state index >= 15 is 0 Å². The Bertz CT molecular complexity index is 947. The Labute approximate surface area is 132 Å². The Morgan fingerprint density at radius 1 is 1.09 bits per heavy atom. The van der Waals surface area contributed by atoms with Crippen LogP contribution >= 0.6 is 0 Å². The molecule has 5 nitrogen and oxygen atoms in total. The lowest BCUT2D eigenvalue weighted by atomic mass is 10.2. The van der Waals surface area contributed by atoms with E-state index in [2.05, 4.69) is 4.98 Å². The second kappa shape index (κ2) is 5.27. The van der Waals surface area contributed by atoms with Gasteiger partial charge in [0.15, 0.2) is 12.4 Å². The quantitative estimate of drug-likeness (QED) is 0.523. The van der Waals surface area contributed by atoms with Crippen molar-refractivity contribution in [3.8, 4) is 0 Å². The van der Waals surface area contributed by atoms with E-state index in [-0.39, 0.29) is 18.0 Å². The number of rotatable bonds is 1. The fraction of sp³-hybridized carbons (Fsp3) is 0.0625. The molecule has 0 radical (unpaired) electrons. The molecule has 1 aliphatic heterocycles. The third-order valence-electron chi connectivity index (χ3n) is 3.68. The molecule has 3 aromatic rings. The van der Waals surface area contributed by atoms with Gasteiger partial charge in [-0.2, -0.15) is 4.57 Å². The summed E-state index contributed by atoms with van der Waals surface area (Å²) in [6.45, 7) is 0.378. The van der Waals surface area contributed by atoms with E-state index in [9.17, 15) is 4.79 Å². The van der Waals surface area contributed by atoms with Gasteiger partial charge in [0.1, 0.15) is 5.70 Å². The van der Waals surface area contributed by atoms with Gasteiger partial charge in [-0.15, -0.1) is 0 Å². The summed E-state index contributed by atoms with van der Waals surface area (Å²) in [6, 6.07) is 13.1. The standard InChI is InChI=1S/C16H12N4O.ClH/c17-12-10-20-15(14(12)19-8-4-1-5-9-19)18-13-7-3-2-6-11(13)16(20)21;/h1-9H,10H2,(H-,17,18,21);1H. The molecule has 6 heteroatoms. The molecule has 0 spiro atoms. The largest absolute Gasteiger partial charge is 1.00 e. The molecular weight excluding hydrogens is 300 g/mol. The number of fused-ring (bicyclic) bond motifs is 2. The lowest BCUT2D eigenvalue weighted by molar-refractivity contribution is -0.580. The molecule has 1 aromatic carbocycles. The van der Waals surface area contributed by atoms with Crippen molar-refractivity contribution in [2.24, 2.45) is 5.73 Å². The summed E-state index contributed by atoms with van der Waals surface area (Å²) in [7, 11) is 0. The number of aromatic nitrogens is 3. The van der Waals surface area contributed by atoms with E-state index in [4.69, 9.17) is 5.73 Å². The number of nitrogens with zero attached hydrogens (tertiary/aromatic N) is 3. The predicted molar refractivity (Wildman–Crippen MR) is 79.1 cm³/mol. The van der Waals surface area contributed by atoms with Gasteiger partial charge in [0.2, 0.25) is 5.82 Å². The van der Waals surface area contributed by atoms with Crippen LogP contribution in [0.2, 0.25) is 0 Å². The van der Waals surface area contributed by atoms with Crippen LogP contribution in [0.1, 0.15) is 5.82 Å². The zero-order valence-electron chi connectivity index (χ0n) is 11.6. The summed E-state index contributed by atoms with van der Waals surface area (Å²) < 4.78 is 3.53. The number of allylic oxidation sites excluding steroid dienone is 1. The van der Waals surface area contributed by atoms with Crippen LogP contribution in [0.3, 0.4) is 0 Å². The average molecular weight is 313 g/mol. The molecule has 0 bridgehead atoms. The molecule has 4 rings (SSSR count). The SMILES string of the molecule is NC1=C([n+]2ccccc2)c2nc3ccccc3c(=O)n2C1.[Cl-]. The Kier molecular flexibility index (Phi) is 3.42. The minimum Gasteiger partial charge on any atom is -1.00 e. The van der Waals surface area contributed by atoms with E-state index in [1.54, 1.807) is 10.6 Å². The van der Waals surface area contributed by atoms with Crippen molar-refractivity contribution < 1.29 is 17.0 Å². The van der Waals surface area contributed by atoms with Crippen LogP contribution in [0.15, 0.2) is 65.3 Å². The molecule has 0 fully saturated rings. The van der Waals surface area contributed by atoms with E-state index < -0.39 is 0 Å². The second-order valence-electron chi connectivity index (χ2n) is 5.00. The third-order valence-corrected chi connectivity index (χ3v) is 3.68. The maximum Gasteiger partial charge on any atom is 0.274 e. The molecule has 2 N–H and O–H groups in total. The minimum atomic E-state index is -0.0509. The molecule has 0 aliphatic carbocycles. The first-order valence-corrected chi connectivity index (χ1v) is 6.71. The van der Waals surface area contributed by atoms with Gasteiger partial charge in [0.05, 0.1) is 17.4 Å². The first-order valence-electron chi connectivity index (χ1n) is 6.71. The number of halogens is 1. The highest BCUT2D eigenvalue weighted by molar-refractivity contribution is 5.79. The summed E-state index contributed by atoms with van der Waals surface area (Å²) >= 11 is 0. The third kappa shape index (κ3) is 1.98. The van der Waals surface area contributed by atoms with Gasteiger partial charge in [0, 0.05) is 12.1 Å². The molecule has 0 saturated carbocycles. The summed E-state index contributed by atoms with van der Waals surface area (Å²) in [5.41, 5.74) is 8.21. The molecule has 22 heavy (non-hydrogen) atoms. The Morgan fingerprint density at radius 3 is 2.59 bits per heavy atom. The lowest BCUT2D eigenvalue weighted by Gasteiger charge is -2.04. The molecule has 0 saturated heterocycles. The second-order valence-corrected chi connectivity index (χ2v) is 5.00. The molecule has 1 aliphatic rings. The van der Waals surface area contributed by atoms with Crippen molar-refractivity contribution in [3.63, 3.8) is 0 Å². The number of hydrogen-bond acceptors (Lipinski definition) is 3. The van der Waals surface area contributed by atoms with Crippen LogP contribution in [0.25, 0.3) is 16.6 Å². The van der Waals surface area contributed by atoms with E-state index in [0.717, 1.165) is 5.70 Å². The van der Waals surface area contributed by atoms with Crippen LogP contribution in [0.4, 0.5) is 0 Å². The van der Waals surface area contributed by atoms with Gasteiger partial charge >= 0.3 is 0 Å². The molecule has 0 unspecified atom stereocenters. The first kappa shape index (κ1) is 14.3. The number of hydrogen-bond donors (Lipinski definition) is 1. The molecule has 2 aromatic heterocycles. The molecule has 0 atom stereocenters. The van der Waals surface area contributed by atoms with Crippen LogP contribution in [-0.4, -0.2) is 9.55 Å². The number of nitrogens with two attached hydrogens (primary N) is 1. The van der Waals surface area contributed by atoms with Crippen LogP contribution in [0.5, 0.6) is 0 Å². The maximum atomic E-state index is 12.6. The van der Waals surface area contributed by atoms with Crippen LogP contribution in [0, 0.1) is 0 Å². The van der Waals surface area contributed by atoms with Crippen molar-refractivity contribution in [2.75, 3.05) is 0 Å². The van der Waals surface area contributed by atoms with Gasteiger partial charge in [-0.3, -0.25) is 9.36 Å². The van der Waals surface area contributed by atoms with Crippen LogP contribution in [-0.2, 0) is 6.54 Å². The van der Waals surface area contributed by atoms with Gasteiger partial charge in [0.25, 0.3) is 11.3 Å². The number of para-hydroxylation sites is 1. The van der Waals surface area contributed by atoms with Gasteiger partial charge < -0.3 is 18.1 Å². The topological polar surface area (TPSA) is 64.8 Å². The fourth-order valence-corrected chi connectivity index (χ4v) is 2.71. The lowest BCUT2D eigenvalue weighted by Crippen LogP contribution is -3.00. The molecule has 0 amide bonds. The van der Waals surface area contributed by atoms with Crippen molar-refractivity contribution in [1.82, 2.24) is 9.55 Å². The smallest absolute Gasteiger partial charge is 0.274 e. The predicted octanol–water partition coefficient (Wildman–Crippen LogP) is -2.12. The van der Waals surface area contributed by atoms with E-state index in [1.807, 2.05) is 53.4 Å². The van der Waals surface area contributed by atoms with Gasteiger partial charge in [-0.05, 0) is 12.1 Å². The van der Waals surface area contributed by atoms with Gasteiger partial charge in [-0.1, -0.05) is 18.2 Å². The zero-order chi connectivity index (χ0) is 14.4. The first-order chi connectivity index (χ1) is 10.3. The summed E-state index contributed by atoms with van der Waals surface area (Å²) in [6.07, 6.45) is 3.80. The van der Waals surface area contributed by atoms with Crippen molar-refractivity contribution in [3.05, 3.63) is 76.7 Å². The van der Waals surface area contributed by atoms with Crippen molar-refractivity contribution in [2.45, 2.75) is 6.54 Å². The van der Waals surface area contributed by atoms with Crippen molar-refractivity contribution in [1.29, 1.82) is 0 Å². The molecular formula is C16H13ClN4O. The summed E-state index contributed by atoms with van der Waals surface area (Å²) in [4.78, 5) is 17.2. The highest BCUT2D eigenvalue weighted by Gasteiger charge is 2.30. The Hall–Kier alpha value is -2.66. The van der Waals surface area contributed by atoms with Crippen molar-refractivity contribution >= 4 is 16.6 Å². The summed E-state index contributed by atoms with van der Waals surface area (Å²) in [5, 5.41) is 0.619. The minimum absolute atomic E-state index is 0. The van der Waals surface area contributed by atoms with Gasteiger partial charge in [-0.25, -0.2) is 4.98 Å². The monoisotopic (exact) mass is 312 g/mol. The van der Waals surface area contributed by atoms with Crippen LogP contribution < -0.4 is 28.3 Å². The Balaban J connectivity index is 0.00000144.